The predicted molar refractivity (Wildman–Crippen MR) is 414 cm³/mol. The topological polar surface area (TPSA) is 237 Å². The van der Waals surface area contributed by atoms with Crippen LogP contribution in [0.1, 0.15) is 433 Å². The molecule has 0 rings (SSSR count). The monoisotopic (exact) mass is 1480 g/mol. The van der Waals surface area contributed by atoms with Crippen LogP contribution < -0.4 is 0 Å². The predicted octanol–water partition coefficient (Wildman–Crippen LogP) is 24.7. The second kappa shape index (κ2) is 73.6. The Kier molecular flexibility index (Phi) is 72.2. The normalized spacial score (nSPS) is 13.9. The summed E-state index contributed by atoms with van der Waals surface area (Å²) in [7, 11) is -9.92. The van der Waals surface area contributed by atoms with Crippen molar-refractivity contribution in [2.45, 2.75) is 452 Å². The Bertz CT molecular complexity index is 1940. The number of rotatable bonds is 81. The van der Waals surface area contributed by atoms with E-state index >= 15 is 0 Å². The number of unbranched alkanes of at least 4 members (excludes halogenated alkanes) is 51. The first-order chi connectivity index (χ1) is 48.9. The molecule has 0 heterocycles. The van der Waals surface area contributed by atoms with Gasteiger partial charge in [-0.05, 0) is 37.5 Å². The van der Waals surface area contributed by atoms with E-state index in [1.54, 1.807) is 0 Å². The van der Waals surface area contributed by atoms with Crippen molar-refractivity contribution < 1.29 is 80.2 Å². The van der Waals surface area contributed by atoms with Crippen LogP contribution in [0.2, 0.25) is 0 Å². The molecule has 2 unspecified atom stereocenters. The average Bonchev–Trinajstić information content (AvgIpc) is 0.947. The van der Waals surface area contributed by atoms with Gasteiger partial charge >= 0.3 is 39.5 Å². The minimum absolute atomic E-state index is 0.106. The lowest BCUT2D eigenvalue weighted by molar-refractivity contribution is -0.161. The number of carbonyl (C=O) groups excluding carboxylic acids is 4. The maximum atomic E-state index is 13.1. The maximum Gasteiger partial charge on any atom is 0.472 e. The van der Waals surface area contributed by atoms with Crippen molar-refractivity contribution >= 4 is 39.5 Å². The van der Waals surface area contributed by atoms with Gasteiger partial charge in [-0.15, -0.1) is 0 Å². The van der Waals surface area contributed by atoms with Gasteiger partial charge in [-0.3, -0.25) is 37.3 Å². The Morgan fingerprint density at radius 2 is 0.455 bits per heavy atom. The number of ether oxygens (including phenoxy) is 4. The Morgan fingerprint density at radius 1 is 0.267 bits per heavy atom. The SMILES string of the molecule is CCCCCCCCCCCCCCCCCCCCCC(=O)O[C@H](COC(=O)CCCCCCCCCCCCCCCCCCC)COP(=O)(O)OC[C@@H](O)COP(=O)(O)OC[C@@H](COC(=O)CCCCCCCCC(C)C)OC(=O)CCCCCCCCCCCCCCCC(C)C. The molecule has 3 N–H and O–H groups in total. The Morgan fingerprint density at radius 3 is 0.673 bits per heavy atom. The fraction of sp³-hybridized carbons (Fsp3) is 0.951. The van der Waals surface area contributed by atoms with Crippen LogP contribution in [-0.2, 0) is 65.4 Å². The molecule has 0 spiro atoms. The van der Waals surface area contributed by atoms with Crippen LogP contribution in [0.3, 0.4) is 0 Å². The minimum Gasteiger partial charge on any atom is -0.462 e. The summed E-state index contributed by atoms with van der Waals surface area (Å²) in [6.45, 7) is 9.58. The average molecular weight is 1480 g/mol. The molecule has 0 aromatic carbocycles. The molecule has 600 valence electrons. The van der Waals surface area contributed by atoms with Crippen LogP contribution in [0.4, 0.5) is 0 Å². The molecular formula is C82H160O17P2. The Labute approximate surface area is 619 Å². The van der Waals surface area contributed by atoms with Gasteiger partial charge < -0.3 is 33.8 Å². The minimum atomic E-state index is -4.96. The zero-order chi connectivity index (χ0) is 74.2. The Hall–Kier alpha value is -1.94. The zero-order valence-electron chi connectivity index (χ0n) is 66.2. The summed E-state index contributed by atoms with van der Waals surface area (Å²) in [5, 5.41) is 10.6. The number of aliphatic hydroxyl groups excluding tert-OH is 1. The van der Waals surface area contributed by atoms with Crippen LogP contribution in [0.5, 0.6) is 0 Å². The number of hydrogen-bond acceptors (Lipinski definition) is 15. The molecule has 0 amide bonds. The number of phosphoric acid groups is 2. The third-order valence-corrected chi connectivity index (χ3v) is 21.1. The van der Waals surface area contributed by atoms with Crippen LogP contribution in [-0.4, -0.2) is 96.7 Å². The second-order valence-electron chi connectivity index (χ2n) is 30.5. The summed E-state index contributed by atoms with van der Waals surface area (Å²) >= 11 is 0. The van der Waals surface area contributed by atoms with Gasteiger partial charge in [0.1, 0.15) is 19.3 Å². The molecule has 0 aliphatic heterocycles. The molecule has 19 heteroatoms. The lowest BCUT2D eigenvalue weighted by Crippen LogP contribution is -2.30. The summed E-state index contributed by atoms with van der Waals surface area (Å²) in [6, 6.07) is 0. The van der Waals surface area contributed by atoms with Gasteiger partial charge in [0.25, 0.3) is 0 Å². The standard InChI is InChI=1S/C82H160O17P2/c1-7-9-11-13-15-17-19-21-23-25-26-28-30-34-38-42-46-54-60-66-81(86)98-77(70-92-79(84)64-58-52-45-41-37-33-29-27-24-22-20-18-16-14-12-10-8-2)72-96-100(88,89)94-68-76(83)69-95-101(90,91)97-73-78(71-93-80(85)65-59-53-49-48-51-57-63-75(5)6)99-82(87)67-61-55-47-43-39-35-31-32-36-40-44-50-56-62-74(3)4/h74-78,83H,7-73H2,1-6H3,(H,88,89)(H,90,91)/t76-,77-,78-/m1/s1. The number of hydrogen-bond donors (Lipinski definition) is 3. The maximum absolute atomic E-state index is 13.1. The summed E-state index contributed by atoms with van der Waals surface area (Å²) in [5.74, 6) is -0.643. The van der Waals surface area contributed by atoms with E-state index in [1.807, 2.05) is 0 Å². The molecule has 0 aliphatic carbocycles. The lowest BCUT2D eigenvalue weighted by Gasteiger charge is -2.21. The van der Waals surface area contributed by atoms with Gasteiger partial charge in [-0.25, -0.2) is 9.13 Å². The first-order valence-electron chi connectivity index (χ1n) is 42.5. The number of carbonyl (C=O) groups is 4. The van der Waals surface area contributed by atoms with Crippen LogP contribution in [0.15, 0.2) is 0 Å². The second-order valence-corrected chi connectivity index (χ2v) is 33.4. The summed E-state index contributed by atoms with van der Waals surface area (Å²) < 4.78 is 68.7. The molecule has 0 aromatic heterocycles. The Balaban J connectivity index is 5.22. The third-order valence-electron chi connectivity index (χ3n) is 19.2. The third kappa shape index (κ3) is 76.1. The molecule has 0 aromatic rings. The molecule has 0 fully saturated rings. The number of phosphoric ester groups is 2. The highest BCUT2D eigenvalue weighted by Crippen LogP contribution is 2.45. The van der Waals surface area contributed by atoms with Gasteiger partial charge in [0.2, 0.25) is 0 Å². The highest BCUT2D eigenvalue weighted by molar-refractivity contribution is 7.47. The number of esters is 4. The fourth-order valence-corrected chi connectivity index (χ4v) is 14.3. The van der Waals surface area contributed by atoms with E-state index in [4.69, 9.17) is 37.0 Å². The molecule has 0 saturated carbocycles. The van der Waals surface area contributed by atoms with Crippen LogP contribution >= 0.6 is 15.6 Å². The van der Waals surface area contributed by atoms with Gasteiger partial charge in [-0.2, -0.15) is 0 Å². The van der Waals surface area contributed by atoms with Crippen molar-refractivity contribution in [1.29, 1.82) is 0 Å². The molecule has 0 radical (unpaired) electrons. The smallest absolute Gasteiger partial charge is 0.462 e. The van der Waals surface area contributed by atoms with Gasteiger partial charge in [0.05, 0.1) is 26.4 Å². The van der Waals surface area contributed by atoms with Crippen molar-refractivity contribution in [3.05, 3.63) is 0 Å². The van der Waals surface area contributed by atoms with Crippen molar-refractivity contribution in [3.8, 4) is 0 Å². The highest BCUT2D eigenvalue weighted by atomic mass is 31.2. The van der Waals surface area contributed by atoms with Crippen LogP contribution in [0.25, 0.3) is 0 Å². The quantitative estimate of drug-likeness (QED) is 0.0222. The molecule has 0 saturated heterocycles. The summed E-state index contributed by atoms with van der Waals surface area (Å²) in [4.78, 5) is 73.0. The van der Waals surface area contributed by atoms with E-state index in [0.29, 0.717) is 31.6 Å². The lowest BCUT2D eigenvalue weighted by atomic mass is 10.0. The molecular weight excluding hydrogens is 1320 g/mol. The summed E-state index contributed by atoms with van der Waals surface area (Å²) in [5.41, 5.74) is 0. The van der Waals surface area contributed by atoms with E-state index in [1.165, 1.54) is 244 Å². The van der Waals surface area contributed by atoms with Gasteiger partial charge in [0, 0.05) is 25.7 Å². The largest absolute Gasteiger partial charge is 0.472 e. The van der Waals surface area contributed by atoms with Crippen molar-refractivity contribution in [1.82, 2.24) is 0 Å². The molecule has 101 heavy (non-hydrogen) atoms. The van der Waals surface area contributed by atoms with Crippen molar-refractivity contribution in [2.24, 2.45) is 11.8 Å². The molecule has 5 atom stereocenters. The van der Waals surface area contributed by atoms with E-state index in [-0.39, 0.29) is 25.7 Å². The van der Waals surface area contributed by atoms with Crippen molar-refractivity contribution in [2.75, 3.05) is 39.6 Å². The first kappa shape index (κ1) is 99.1. The van der Waals surface area contributed by atoms with E-state index in [9.17, 15) is 43.2 Å². The number of aliphatic hydroxyl groups is 1. The van der Waals surface area contributed by atoms with E-state index < -0.39 is 97.5 Å². The molecule has 0 bridgehead atoms. The van der Waals surface area contributed by atoms with E-state index in [2.05, 4.69) is 41.5 Å². The van der Waals surface area contributed by atoms with Crippen LogP contribution in [0, 0.1) is 11.8 Å². The van der Waals surface area contributed by atoms with Gasteiger partial charge in [-0.1, -0.05) is 382 Å². The van der Waals surface area contributed by atoms with Crippen molar-refractivity contribution in [3.63, 3.8) is 0 Å². The summed E-state index contributed by atoms with van der Waals surface area (Å²) in [6.07, 6.45) is 64.0. The van der Waals surface area contributed by atoms with Gasteiger partial charge in [0.15, 0.2) is 12.2 Å². The molecule has 0 aliphatic rings. The first-order valence-corrected chi connectivity index (χ1v) is 45.5. The zero-order valence-corrected chi connectivity index (χ0v) is 68.0. The highest BCUT2D eigenvalue weighted by Gasteiger charge is 2.30. The fourth-order valence-electron chi connectivity index (χ4n) is 12.7. The molecule has 17 nitrogen and oxygen atoms in total. The van der Waals surface area contributed by atoms with E-state index in [0.717, 1.165) is 102 Å².